The molecule has 0 saturated carbocycles. The van der Waals surface area contributed by atoms with Crippen LogP contribution < -0.4 is 9.64 Å². The van der Waals surface area contributed by atoms with E-state index in [1.54, 1.807) is 12.1 Å². The van der Waals surface area contributed by atoms with E-state index in [9.17, 15) is 13.2 Å². The second kappa shape index (κ2) is 5.49. The third-order valence-electron chi connectivity index (χ3n) is 6.10. The van der Waals surface area contributed by atoms with Gasteiger partial charge in [0.15, 0.2) is 5.75 Å². The first-order valence-corrected chi connectivity index (χ1v) is 9.23. The van der Waals surface area contributed by atoms with Crippen LogP contribution in [0.4, 0.5) is 24.5 Å². The number of likely N-dealkylation sites (N-methyl/N-ethyl adjacent to an activating group) is 1. The molecule has 1 aromatic heterocycles. The van der Waals surface area contributed by atoms with Gasteiger partial charge in [0.2, 0.25) is 5.72 Å². The number of hydrogen-bond donors (Lipinski definition) is 0. The molecule has 148 valence electrons. The lowest BCUT2D eigenvalue weighted by Crippen LogP contribution is -2.61. The molecule has 3 aromatic rings. The van der Waals surface area contributed by atoms with E-state index in [0.29, 0.717) is 5.39 Å². The van der Waals surface area contributed by atoms with Gasteiger partial charge in [-0.15, -0.1) is 0 Å². The number of rotatable bonds is 0. The first-order valence-electron chi connectivity index (χ1n) is 9.23. The molecule has 0 aliphatic carbocycles. The van der Waals surface area contributed by atoms with E-state index in [1.807, 2.05) is 50.1 Å². The number of nitrogens with zero attached hydrogens (tertiary/aromatic N) is 3. The molecule has 0 bridgehead atoms. The summed E-state index contributed by atoms with van der Waals surface area (Å²) in [7, 11) is 1.87. The van der Waals surface area contributed by atoms with Crippen molar-refractivity contribution in [2.24, 2.45) is 4.99 Å². The number of anilines is 1. The van der Waals surface area contributed by atoms with E-state index in [2.05, 4.69) is 9.98 Å². The zero-order chi connectivity index (χ0) is 20.6. The van der Waals surface area contributed by atoms with Crippen LogP contribution in [-0.4, -0.2) is 24.0 Å². The third kappa shape index (κ3) is 2.21. The number of para-hydroxylation sites is 1. The molecule has 3 heterocycles. The molecule has 0 fully saturated rings. The van der Waals surface area contributed by atoms with Crippen molar-refractivity contribution in [2.75, 3.05) is 11.9 Å². The van der Waals surface area contributed by atoms with Crippen LogP contribution in [0.25, 0.3) is 10.9 Å². The van der Waals surface area contributed by atoms with Crippen molar-refractivity contribution in [3.8, 4) is 5.75 Å². The van der Waals surface area contributed by atoms with Gasteiger partial charge in [-0.25, -0.2) is 0 Å². The van der Waals surface area contributed by atoms with Crippen LogP contribution in [0.3, 0.4) is 0 Å². The Labute approximate surface area is 165 Å². The molecule has 2 aromatic carbocycles. The summed E-state index contributed by atoms with van der Waals surface area (Å²) in [5.41, 5.74) is -0.432. The Balaban J connectivity index is 1.79. The first kappa shape index (κ1) is 18.0. The van der Waals surface area contributed by atoms with Crippen LogP contribution in [0.2, 0.25) is 0 Å². The highest BCUT2D eigenvalue weighted by Crippen LogP contribution is 2.56. The number of alkyl halides is 3. The summed E-state index contributed by atoms with van der Waals surface area (Å²) in [4.78, 5) is 10.4. The van der Waals surface area contributed by atoms with E-state index in [4.69, 9.17) is 4.74 Å². The molecule has 2 aliphatic rings. The molecule has 29 heavy (non-hydrogen) atoms. The second-order valence-electron chi connectivity index (χ2n) is 7.93. The van der Waals surface area contributed by atoms with Crippen molar-refractivity contribution >= 4 is 28.5 Å². The van der Waals surface area contributed by atoms with Gasteiger partial charge in [0.05, 0.1) is 22.7 Å². The summed E-state index contributed by atoms with van der Waals surface area (Å²) in [5, 5.41) is 0.506. The monoisotopic (exact) mass is 397 g/mol. The van der Waals surface area contributed by atoms with Crippen LogP contribution in [0.15, 0.2) is 53.7 Å². The quantitative estimate of drug-likeness (QED) is 0.505. The van der Waals surface area contributed by atoms with Gasteiger partial charge in [-0.2, -0.15) is 13.2 Å². The van der Waals surface area contributed by atoms with Crippen LogP contribution >= 0.6 is 0 Å². The molecule has 4 nitrogen and oxygen atoms in total. The van der Waals surface area contributed by atoms with Gasteiger partial charge < -0.3 is 9.64 Å². The molecule has 0 saturated heterocycles. The van der Waals surface area contributed by atoms with Gasteiger partial charge in [0.25, 0.3) is 0 Å². The van der Waals surface area contributed by atoms with Crippen LogP contribution in [-0.2, 0) is 11.6 Å². The highest BCUT2D eigenvalue weighted by Gasteiger charge is 2.59. The highest BCUT2D eigenvalue weighted by atomic mass is 19.4. The number of pyridine rings is 1. The largest absolute Gasteiger partial charge is 0.459 e. The molecule has 1 unspecified atom stereocenters. The fraction of sp³-hybridized carbons (Fsp3) is 0.273. The lowest BCUT2D eigenvalue weighted by atomic mass is 9.77. The van der Waals surface area contributed by atoms with Gasteiger partial charge in [-0.1, -0.05) is 18.2 Å². The number of benzene rings is 2. The van der Waals surface area contributed by atoms with Crippen molar-refractivity contribution in [2.45, 2.75) is 31.2 Å². The smallest absolute Gasteiger partial charge is 0.418 e. The summed E-state index contributed by atoms with van der Waals surface area (Å²) in [6.45, 7) is 4.03. The number of aliphatic imine (C=N–C) groups is 1. The minimum absolute atomic E-state index is 0.109. The molecule has 1 spiro atoms. The molecule has 0 N–H and O–H groups in total. The van der Waals surface area contributed by atoms with Gasteiger partial charge >= 0.3 is 6.18 Å². The Morgan fingerprint density at radius 3 is 2.55 bits per heavy atom. The lowest BCUT2D eigenvalue weighted by molar-refractivity contribution is -0.137. The van der Waals surface area contributed by atoms with Gasteiger partial charge in [-0.05, 0) is 43.7 Å². The van der Waals surface area contributed by atoms with Crippen LogP contribution in [0.5, 0.6) is 5.75 Å². The molecule has 5 rings (SSSR count). The Morgan fingerprint density at radius 1 is 1.07 bits per heavy atom. The van der Waals surface area contributed by atoms with E-state index in [1.165, 1.54) is 12.4 Å². The summed E-state index contributed by atoms with van der Waals surface area (Å²) in [6, 6.07) is 12.3. The number of aromatic nitrogens is 1. The molecular formula is C22H18F3N3O. The van der Waals surface area contributed by atoms with Crippen molar-refractivity contribution in [3.05, 3.63) is 59.8 Å². The minimum atomic E-state index is -4.57. The van der Waals surface area contributed by atoms with Gasteiger partial charge in [0, 0.05) is 24.3 Å². The minimum Gasteiger partial charge on any atom is -0.459 e. The Bertz CT molecular complexity index is 1190. The Kier molecular flexibility index (Phi) is 3.40. The molecule has 0 amide bonds. The summed E-state index contributed by atoms with van der Waals surface area (Å²) >= 11 is 0. The third-order valence-corrected chi connectivity index (χ3v) is 6.10. The standard InChI is InChI=1S/C22H18F3N3O/c1-20(2)14-8-4-5-9-17(14)28(3)21(20)12-27-18-15(22(23,24)25)11-16-13(19(18)29-21)7-6-10-26-16/h4-12H,1-3H3. The van der Waals surface area contributed by atoms with Gasteiger partial charge in [0.1, 0.15) is 5.69 Å². The van der Waals surface area contributed by atoms with Crippen LogP contribution in [0.1, 0.15) is 25.0 Å². The number of fused-ring (bicyclic) bond motifs is 4. The summed E-state index contributed by atoms with van der Waals surface area (Å²) in [6.07, 6.45) is -1.59. The zero-order valence-electron chi connectivity index (χ0n) is 16.1. The maximum Gasteiger partial charge on any atom is 0.418 e. The maximum absolute atomic E-state index is 13.7. The Hall–Kier alpha value is -3.09. The van der Waals surface area contributed by atoms with Crippen LogP contribution in [0, 0.1) is 0 Å². The molecule has 2 aliphatic heterocycles. The van der Waals surface area contributed by atoms with Crippen molar-refractivity contribution in [3.63, 3.8) is 0 Å². The number of ether oxygens (including phenoxy) is 1. The molecule has 1 atom stereocenters. The van der Waals surface area contributed by atoms with Crippen molar-refractivity contribution in [1.29, 1.82) is 0 Å². The average molecular weight is 397 g/mol. The lowest BCUT2D eigenvalue weighted by Gasteiger charge is -2.45. The number of hydrogen-bond acceptors (Lipinski definition) is 4. The highest BCUT2D eigenvalue weighted by molar-refractivity contribution is 5.97. The Morgan fingerprint density at radius 2 is 1.83 bits per heavy atom. The average Bonchev–Trinajstić information content (AvgIpc) is 2.85. The zero-order valence-corrected chi connectivity index (χ0v) is 16.1. The van der Waals surface area contributed by atoms with E-state index in [0.717, 1.165) is 17.3 Å². The van der Waals surface area contributed by atoms with Gasteiger partial charge in [-0.3, -0.25) is 9.98 Å². The summed E-state index contributed by atoms with van der Waals surface area (Å²) < 4.78 is 47.7. The maximum atomic E-state index is 13.7. The SMILES string of the molecule is CN1c2ccccc2C(C)(C)C12C=Nc1c(C(F)(F)F)cc3ncccc3c1O2. The molecular weight excluding hydrogens is 379 g/mol. The molecule has 0 radical (unpaired) electrons. The fourth-order valence-corrected chi connectivity index (χ4v) is 4.49. The second-order valence-corrected chi connectivity index (χ2v) is 7.93. The van der Waals surface area contributed by atoms with E-state index >= 15 is 0 Å². The van der Waals surface area contributed by atoms with E-state index < -0.39 is 22.9 Å². The number of halogens is 3. The molecule has 7 heteroatoms. The van der Waals surface area contributed by atoms with Crippen molar-refractivity contribution < 1.29 is 17.9 Å². The van der Waals surface area contributed by atoms with E-state index in [-0.39, 0.29) is 17.0 Å². The predicted molar refractivity (Wildman–Crippen MR) is 106 cm³/mol. The fourth-order valence-electron chi connectivity index (χ4n) is 4.49. The summed E-state index contributed by atoms with van der Waals surface area (Å²) in [5.74, 6) is 0.109. The normalized spacial score (nSPS) is 21.9. The topological polar surface area (TPSA) is 37.7 Å². The first-order chi connectivity index (χ1) is 13.7. The van der Waals surface area contributed by atoms with Crippen molar-refractivity contribution in [1.82, 2.24) is 4.98 Å². The predicted octanol–water partition coefficient (Wildman–Crippen LogP) is 5.47.